The van der Waals surface area contributed by atoms with Crippen molar-refractivity contribution in [2.24, 2.45) is 11.8 Å². The number of methoxy groups -OCH3 is 1. The van der Waals surface area contributed by atoms with Crippen LogP contribution in [0, 0.1) is 11.8 Å². The van der Waals surface area contributed by atoms with Gasteiger partial charge >= 0.3 is 0 Å². The third kappa shape index (κ3) is 3.88. The van der Waals surface area contributed by atoms with Crippen LogP contribution in [0.25, 0.3) is 11.4 Å². The molecule has 0 bridgehead atoms. The zero-order chi connectivity index (χ0) is 17.9. The summed E-state index contributed by atoms with van der Waals surface area (Å²) in [6, 6.07) is 1.68. The molecule has 26 heavy (non-hydrogen) atoms. The van der Waals surface area contributed by atoms with Crippen LogP contribution in [0.3, 0.4) is 0 Å². The monoisotopic (exact) mass is 375 g/mol. The van der Waals surface area contributed by atoms with Crippen LogP contribution in [0.4, 0.5) is 5.95 Å². The van der Waals surface area contributed by atoms with Gasteiger partial charge in [0.05, 0.1) is 11.2 Å². The van der Waals surface area contributed by atoms with Gasteiger partial charge in [-0.25, -0.2) is 9.97 Å². The molecule has 2 aliphatic rings. The van der Waals surface area contributed by atoms with Crippen LogP contribution >= 0.6 is 11.6 Å². The first-order valence-electron chi connectivity index (χ1n) is 8.97. The average Bonchev–Trinajstić information content (AvgIpc) is 3.52. The zero-order valence-electron chi connectivity index (χ0n) is 14.8. The number of piperidine rings is 1. The van der Waals surface area contributed by atoms with Gasteiger partial charge in [0.2, 0.25) is 5.95 Å². The summed E-state index contributed by atoms with van der Waals surface area (Å²) < 4.78 is 10.5. The minimum Gasteiger partial charge on any atom is -0.465 e. The molecule has 1 atom stereocenters. The number of hydrogen-bond acceptors (Lipinski definition) is 7. The molecular weight excluding hydrogens is 354 g/mol. The van der Waals surface area contributed by atoms with Gasteiger partial charge in [0.1, 0.15) is 11.4 Å². The van der Waals surface area contributed by atoms with Gasteiger partial charge < -0.3 is 14.4 Å². The molecule has 2 fully saturated rings. The topological polar surface area (TPSA) is 73.3 Å². The van der Waals surface area contributed by atoms with E-state index in [0.717, 1.165) is 24.9 Å². The Balaban J connectivity index is 1.52. The zero-order valence-corrected chi connectivity index (χ0v) is 15.5. The van der Waals surface area contributed by atoms with Crippen LogP contribution < -0.4 is 9.64 Å². The lowest BCUT2D eigenvalue weighted by Gasteiger charge is -2.32. The first-order valence-corrected chi connectivity index (χ1v) is 9.34. The Kier molecular flexibility index (Phi) is 5.17. The second kappa shape index (κ2) is 7.72. The predicted octanol–water partition coefficient (Wildman–Crippen LogP) is 3.20. The van der Waals surface area contributed by atoms with E-state index in [9.17, 15) is 0 Å². The van der Waals surface area contributed by atoms with Crippen molar-refractivity contribution in [3.63, 3.8) is 0 Å². The van der Waals surface area contributed by atoms with Crippen molar-refractivity contribution >= 4 is 17.5 Å². The van der Waals surface area contributed by atoms with Gasteiger partial charge in [0, 0.05) is 32.5 Å². The molecular formula is C18H22ClN5O2. The van der Waals surface area contributed by atoms with Crippen molar-refractivity contribution in [2.45, 2.75) is 25.7 Å². The van der Waals surface area contributed by atoms with Crippen molar-refractivity contribution in [1.29, 1.82) is 0 Å². The molecule has 2 aromatic heterocycles. The van der Waals surface area contributed by atoms with E-state index in [-0.39, 0.29) is 6.79 Å². The fourth-order valence-corrected chi connectivity index (χ4v) is 3.66. The smallest absolute Gasteiger partial charge is 0.245 e. The maximum absolute atomic E-state index is 6.01. The summed E-state index contributed by atoms with van der Waals surface area (Å²) in [6.07, 6.45) is 8.52. The van der Waals surface area contributed by atoms with Crippen LogP contribution in [0.2, 0.25) is 5.02 Å². The number of pyridine rings is 1. The number of halogens is 1. The number of aromatic nitrogens is 4. The lowest BCUT2D eigenvalue weighted by molar-refractivity contribution is 0.0513. The standard InChI is InChI=1S/C18H22ClN5O2/c1-25-11-26-16-7-14(19)8-20-17(16)15-9-21-18(23-22-15)24-6-2-3-13(10-24)12-4-5-12/h7-9,12-13H,2-6,10-11H2,1H3/t13-/m1/s1. The summed E-state index contributed by atoms with van der Waals surface area (Å²) >= 11 is 6.01. The molecule has 0 radical (unpaired) electrons. The summed E-state index contributed by atoms with van der Waals surface area (Å²) in [5.41, 5.74) is 1.10. The Morgan fingerprint density at radius 3 is 2.77 bits per heavy atom. The summed E-state index contributed by atoms with van der Waals surface area (Å²) in [7, 11) is 1.56. The van der Waals surface area contributed by atoms with E-state index in [1.54, 1.807) is 25.6 Å². The SMILES string of the molecule is COCOc1cc(Cl)cnc1-c1cnc(N2CCC[C@@H](C3CC3)C2)nn1. The van der Waals surface area contributed by atoms with Crippen molar-refractivity contribution in [3.05, 3.63) is 23.5 Å². The number of rotatable bonds is 6. The summed E-state index contributed by atoms with van der Waals surface area (Å²) in [4.78, 5) is 11.1. The Morgan fingerprint density at radius 1 is 1.15 bits per heavy atom. The van der Waals surface area contributed by atoms with Crippen molar-refractivity contribution in [3.8, 4) is 17.1 Å². The molecule has 1 aliphatic carbocycles. The van der Waals surface area contributed by atoms with Gasteiger partial charge in [-0.1, -0.05) is 11.6 Å². The summed E-state index contributed by atoms with van der Waals surface area (Å²) in [5.74, 6) is 2.87. The number of ether oxygens (including phenoxy) is 2. The van der Waals surface area contributed by atoms with E-state index in [2.05, 4.69) is 25.1 Å². The van der Waals surface area contributed by atoms with Crippen molar-refractivity contribution in [1.82, 2.24) is 20.2 Å². The van der Waals surface area contributed by atoms with E-state index in [0.29, 0.717) is 28.1 Å². The van der Waals surface area contributed by atoms with Crippen LogP contribution in [0.15, 0.2) is 18.5 Å². The van der Waals surface area contributed by atoms with E-state index in [1.165, 1.54) is 25.7 Å². The van der Waals surface area contributed by atoms with Crippen LogP contribution in [-0.2, 0) is 4.74 Å². The van der Waals surface area contributed by atoms with Crippen molar-refractivity contribution in [2.75, 3.05) is 31.9 Å². The highest BCUT2D eigenvalue weighted by Crippen LogP contribution is 2.41. The molecule has 0 spiro atoms. The van der Waals surface area contributed by atoms with E-state index in [1.807, 2.05) is 0 Å². The minimum atomic E-state index is 0.101. The van der Waals surface area contributed by atoms with E-state index >= 15 is 0 Å². The molecule has 138 valence electrons. The molecule has 3 heterocycles. The average molecular weight is 376 g/mol. The molecule has 8 heteroatoms. The lowest BCUT2D eigenvalue weighted by atomic mass is 9.94. The fourth-order valence-electron chi connectivity index (χ4n) is 3.51. The largest absolute Gasteiger partial charge is 0.465 e. The summed E-state index contributed by atoms with van der Waals surface area (Å²) in [6.45, 7) is 2.13. The van der Waals surface area contributed by atoms with Crippen LogP contribution in [0.5, 0.6) is 5.75 Å². The molecule has 2 aromatic rings. The number of hydrogen-bond donors (Lipinski definition) is 0. The molecule has 4 rings (SSSR count). The highest BCUT2D eigenvalue weighted by Gasteiger charge is 2.34. The van der Waals surface area contributed by atoms with E-state index in [4.69, 9.17) is 21.1 Å². The third-order valence-electron chi connectivity index (χ3n) is 4.97. The summed E-state index contributed by atoms with van der Waals surface area (Å²) in [5, 5.41) is 9.15. The van der Waals surface area contributed by atoms with Crippen molar-refractivity contribution < 1.29 is 9.47 Å². The highest BCUT2D eigenvalue weighted by molar-refractivity contribution is 6.30. The van der Waals surface area contributed by atoms with Gasteiger partial charge in [-0.05, 0) is 37.5 Å². The molecule has 0 N–H and O–H groups in total. The van der Waals surface area contributed by atoms with E-state index < -0.39 is 0 Å². The van der Waals surface area contributed by atoms with Gasteiger partial charge in [-0.15, -0.1) is 10.2 Å². The Labute approximate surface area is 157 Å². The highest BCUT2D eigenvalue weighted by atomic mass is 35.5. The minimum absolute atomic E-state index is 0.101. The van der Waals surface area contributed by atoms with Gasteiger partial charge in [-0.3, -0.25) is 0 Å². The Bertz CT molecular complexity index is 754. The lowest BCUT2D eigenvalue weighted by Crippen LogP contribution is -2.37. The Hall–Kier alpha value is -1.99. The van der Waals surface area contributed by atoms with Crippen LogP contribution in [0.1, 0.15) is 25.7 Å². The quantitative estimate of drug-likeness (QED) is 0.718. The maximum atomic E-state index is 6.01. The first kappa shape index (κ1) is 17.4. The van der Waals surface area contributed by atoms with Crippen LogP contribution in [-0.4, -0.2) is 47.2 Å². The predicted molar refractivity (Wildman–Crippen MR) is 98.2 cm³/mol. The normalized spacial score (nSPS) is 20.2. The third-order valence-corrected chi connectivity index (χ3v) is 5.18. The first-order chi connectivity index (χ1) is 12.7. The Morgan fingerprint density at radius 2 is 2.04 bits per heavy atom. The molecule has 0 unspecified atom stereocenters. The second-order valence-electron chi connectivity index (χ2n) is 6.88. The van der Waals surface area contributed by atoms with Gasteiger partial charge in [0.25, 0.3) is 0 Å². The molecule has 1 saturated carbocycles. The molecule has 7 nitrogen and oxygen atoms in total. The van der Waals surface area contributed by atoms with Gasteiger partial charge in [-0.2, -0.15) is 0 Å². The van der Waals surface area contributed by atoms with Gasteiger partial charge in [0.15, 0.2) is 12.5 Å². The molecule has 0 aromatic carbocycles. The maximum Gasteiger partial charge on any atom is 0.245 e. The molecule has 1 aliphatic heterocycles. The fraction of sp³-hybridized carbons (Fsp3) is 0.556. The number of anilines is 1. The molecule has 0 amide bonds. The second-order valence-corrected chi connectivity index (χ2v) is 7.32. The number of nitrogens with zero attached hydrogens (tertiary/aromatic N) is 5. The molecule has 1 saturated heterocycles.